The molecule has 4 atom stereocenters. The van der Waals surface area contributed by atoms with Gasteiger partial charge in [0.15, 0.2) is 11.5 Å². The molecule has 0 radical (unpaired) electrons. The van der Waals surface area contributed by atoms with Crippen molar-refractivity contribution in [1.29, 1.82) is 0 Å². The Hall–Kier alpha value is -2.54. The average molecular weight is 303 g/mol. The quantitative estimate of drug-likeness (QED) is 0.809. The van der Waals surface area contributed by atoms with E-state index in [1.54, 1.807) is 30.4 Å². The molecule has 1 fully saturated rings. The van der Waals surface area contributed by atoms with Gasteiger partial charge in [0, 0.05) is 11.8 Å². The molecule has 1 aromatic carbocycles. The Kier molecular flexibility index (Phi) is 2.83. The second-order valence-corrected chi connectivity index (χ2v) is 5.40. The Bertz CT molecular complexity index is 685. The first-order valence-electron chi connectivity index (χ1n) is 6.90. The molecular formula is C15H13NO6. The second kappa shape index (κ2) is 4.74. The summed E-state index contributed by atoms with van der Waals surface area (Å²) in [5.41, 5.74) is 0.533. The van der Waals surface area contributed by atoms with Crippen LogP contribution in [0.2, 0.25) is 0 Å². The normalized spacial score (nSPS) is 30.5. The topological polar surface area (TPSA) is 94.1 Å². The van der Waals surface area contributed by atoms with Gasteiger partial charge in [-0.2, -0.15) is 0 Å². The van der Waals surface area contributed by atoms with Crippen LogP contribution in [0.5, 0.6) is 11.5 Å². The number of amides is 1. The molecule has 0 spiro atoms. The zero-order valence-electron chi connectivity index (χ0n) is 11.4. The minimum Gasteiger partial charge on any atom is -0.481 e. The van der Waals surface area contributed by atoms with Crippen LogP contribution in [0.4, 0.5) is 5.69 Å². The number of aliphatic carboxylic acids is 1. The van der Waals surface area contributed by atoms with Crippen LogP contribution in [-0.4, -0.2) is 36.0 Å². The fourth-order valence-corrected chi connectivity index (χ4v) is 3.11. The average Bonchev–Trinajstić information content (AvgIpc) is 3.20. The standard InChI is InChI=1S/C15H13NO6/c17-14(12-9-3-4-10(22-9)13(12)15(18)19)16-7-1-2-8-11(5-7)21-6-20-8/h1-5,9-10,12-13H,6H2,(H,16,17)(H,18,19)/t9-,10-,12-,13-/m0/s1. The summed E-state index contributed by atoms with van der Waals surface area (Å²) in [6.07, 6.45) is 2.43. The minimum atomic E-state index is -1.03. The van der Waals surface area contributed by atoms with Crippen molar-refractivity contribution in [3.05, 3.63) is 30.4 Å². The van der Waals surface area contributed by atoms with Crippen molar-refractivity contribution < 1.29 is 28.9 Å². The van der Waals surface area contributed by atoms with Crippen LogP contribution in [0.3, 0.4) is 0 Å². The van der Waals surface area contributed by atoms with Crippen LogP contribution < -0.4 is 14.8 Å². The van der Waals surface area contributed by atoms with E-state index in [0.717, 1.165) is 0 Å². The number of benzene rings is 1. The van der Waals surface area contributed by atoms with Gasteiger partial charge in [-0.25, -0.2) is 0 Å². The van der Waals surface area contributed by atoms with Crippen molar-refractivity contribution in [3.8, 4) is 11.5 Å². The third-order valence-corrected chi connectivity index (χ3v) is 4.13. The summed E-state index contributed by atoms with van der Waals surface area (Å²) < 4.78 is 16.0. The van der Waals surface area contributed by atoms with E-state index in [9.17, 15) is 14.7 Å². The highest BCUT2D eigenvalue weighted by Crippen LogP contribution is 2.40. The second-order valence-electron chi connectivity index (χ2n) is 5.40. The van der Waals surface area contributed by atoms with Crippen LogP contribution in [0.25, 0.3) is 0 Å². The number of carbonyl (C=O) groups is 2. The Morgan fingerprint density at radius 3 is 2.59 bits per heavy atom. The zero-order valence-corrected chi connectivity index (χ0v) is 11.4. The lowest BCUT2D eigenvalue weighted by molar-refractivity contribution is -0.145. The molecule has 22 heavy (non-hydrogen) atoms. The number of hydrogen-bond acceptors (Lipinski definition) is 5. The zero-order chi connectivity index (χ0) is 15.3. The van der Waals surface area contributed by atoms with Crippen LogP contribution in [-0.2, 0) is 14.3 Å². The summed E-state index contributed by atoms with van der Waals surface area (Å²) in [7, 11) is 0. The third-order valence-electron chi connectivity index (χ3n) is 4.13. The smallest absolute Gasteiger partial charge is 0.310 e. The SMILES string of the molecule is O=C(O)[C@@H]1[C@@H](C(=O)Nc2ccc3c(c2)OCO3)[C@@H]2C=C[C@@H]1O2. The van der Waals surface area contributed by atoms with Gasteiger partial charge in [-0.3, -0.25) is 9.59 Å². The van der Waals surface area contributed by atoms with E-state index in [-0.39, 0.29) is 12.7 Å². The maximum Gasteiger partial charge on any atom is 0.310 e. The first-order chi connectivity index (χ1) is 10.6. The number of carboxylic acids is 1. The number of anilines is 1. The van der Waals surface area contributed by atoms with Gasteiger partial charge in [-0.1, -0.05) is 12.2 Å². The van der Waals surface area contributed by atoms with Gasteiger partial charge >= 0.3 is 5.97 Å². The van der Waals surface area contributed by atoms with Gasteiger partial charge in [0.05, 0.1) is 18.1 Å². The van der Waals surface area contributed by atoms with E-state index in [4.69, 9.17) is 14.2 Å². The van der Waals surface area contributed by atoms with Gasteiger partial charge in [0.25, 0.3) is 0 Å². The summed E-state index contributed by atoms with van der Waals surface area (Å²) in [5, 5.41) is 12.0. The number of carboxylic acid groups (broad SMARTS) is 1. The van der Waals surface area contributed by atoms with Crippen LogP contribution >= 0.6 is 0 Å². The molecule has 1 amide bonds. The van der Waals surface area contributed by atoms with E-state index in [1.165, 1.54) is 0 Å². The number of carbonyl (C=O) groups excluding carboxylic acids is 1. The van der Waals surface area contributed by atoms with E-state index in [1.807, 2.05) is 0 Å². The molecule has 4 rings (SSSR count). The van der Waals surface area contributed by atoms with E-state index < -0.39 is 30.0 Å². The summed E-state index contributed by atoms with van der Waals surface area (Å²) in [6.45, 7) is 0.152. The van der Waals surface area contributed by atoms with Crippen molar-refractivity contribution in [2.45, 2.75) is 12.2 Å². The van der Waals surface area contributed by atoms with Gasteiger partial charge < -0.3 is 24.6 Å². The lowest BCUT2D eigenvalue weighted by Gasteiger charge is -2.21. The summed E-state index contributed by atoms with van der Waals surface area (Å²) >= 11 is 0. The lowest BCUT2D eigenvalue weighted by Crippen LogP contribution is -2.39. The molecule has 0 unspecified atom stereocenters. The molecule has 3 aliphatic heterocycles. The number of fused-ring (bicyclic) bond motifs is 3. The maximum atomic E-state index is 12.5. The first kappa shape index (κ1) is 13.1. The molecule has 2 bridgehead atoms. The highest BCUT2D eigenvalue weighted by atomic mass is 16.7. The predicted octanol–water partition coefficient (Wildman–Crippen LogP) is 1.01. The number of hydrogen-bond donors (Lipinski definition) is 2. The summed E-state index contributed by atoms with van der Waals surface area (Å²) in [6, 6.07) is 5.04. The highest BCUT2D eigenvalue weighted by molar-refractivity contribution is 5.97. The van der Waals surface area contributed by atoms with E-state index in [0.29, 0.717) is 17.2 Å². The Balaban J connectivity index is 1.55. The monoisotopic (exact) mass is 303 g/mol. The van der Waals surface area contributed by atoms with Gasteiger partial charge in [-0.15, -0.1) is 0 Å². The Morgan fingerprint density at radius 1 is 1.09 bits per heavy atom. The highest BCUT2D eigenvalue weighted by Gasteiger charge is 2.53. The molecule has 1 saturated heterocycles. The number of ether oxygens (including phenoxy) is 3. The third kappa shape index (κ3) is 1.93. The maximum absolute atomic E-state index is 12.5. The van der Waals surface area contributed by atoms with Crippen molar-refractivity contribution in [1.82, 2.24) is 0 Å². The Morgan fingerprint density at radius 2 is 1.82 bits per heavy atom. The fraction of sp³-hybridized carbons (Fsp3) is 0.333. The molecule has 3 aliphatic rings. The fourth-order valence-electron chi connectivity index (χ4n) is 3.11. The molecule has 0 aromatic heterocycles. The van der Waals surface area contributed by atoms with Crippen molar-refractivity contribution in [3.63, 3.8) is 0 Å². The summed E-state index contributed by atoms with van der Waals surface area (Å²) in [4.78, 5) is 23.8. The predicted molar refractivity (Wildman–Crippen MR) is 73.6 cm³/mol. The first-order valence-corrected chi connectivity index (χ1v) is 6.90. The van der Waals surface area contributed by atoms with E-state index in [2.05, 4.69) is 5.32 Å². The number of nitrogens with one attached hydrogen (secondary N) is 1. The van der Waals surface area contributed by atoms with Crippen molar-refractivity contribution in [2.24, 2.45) is 11.8 Å². The van der Waals surface area contributed by atoms with Gasteiger partial charge in [-0.05, 0) is 12.1 Å². The van der Waals surface area contributed by atoms with Crippen LogP contribution in [0, 0.1) is 11.8 Å². The minimum absolute atomic E-state index is 0.152. The van der Waals surface area contributed by atoms with Gasteiger partial charge in [0.1, 0.15) is 5.92 Å². The van der Waals surface area contributed by atoms with Crippen LogP contribution in [0.15, 0.2) is 30.4 Å². The Labute approximate surface area is 125 Å². The lowest BCUT2D eigenvalue weighted by atomic mass is 9.82. The molecular weight excluding hydrogens is 290 g/mol. The molecule has 7 nitrogen and oxygen atoms in total. The molecule has 0 saturated carbocycles. The molecule has 7 heteroatoms. The molecule has 1 aromatic rings. The molecule has 0 aliphatic carbocycles. The van der Waals surface area contributed by atoms with Crippen molar-refractivity contribution >= 4 is 17.6 Å². The van der Waals surface area contributed by atoms with Crippen molar-refractivity contribution in [2.75, 3.05) is 12.1 Å². The van der Waals surface area contributed by atoms with Gasteiger partial charge in [0.2, 0.25) is 12.7 Å². The molecule has 2 N–H and O–H groups in total. The number of rotatable bonds is 3. The largest absolute Gasteiger partial charge is 0.481 e. The van der Waals surface area contributed by atoms with Crippen LogP contribution in [0.1, 0.15) is 0 Å². The summed E-state index contributed by atoms with van der Waals surface area (Å²) in [5.74, 6) is -1.82. The van der Waals surface area contributed by atoms with E-state index >= 15 is 0 Å². The molecule has 3 heterocycles. The molecule has 114 valence electrons.